The van der Waals surface area contributed by atoms with E-state index >= 15 is 0 Å². The second-order valence-corrected chi connectivity index (χ2v) is 7.28. The molecule has 4 nitrogen and oxygen atoms in total. The molecule has 0 fully saturated rings. The predicted octanol–water partition coefficient (Wildman–Crippen LogP) is 3.89. The number of amides is 1. The molecule has 1 aliphatic rings. The Morgan fingerprint density at radius 1 is 1.17 bits per heavy atom. The van der Waals surface area contributed by atoms with Gasteiger partial charge >= 0.3 is 0 Å². The van der Waals surface area contributed by atoms with E-state index in [2.05, 4.69) is 23.2 Å². The number of hydrogen-bond acceptors (Lipinski definition) is 4. The van der Waals surface area contributed by atoms with Gasteiger partial charge < -0.3 is 9.32 Å². The Morgan fingerprint density at radius 2 is 1.92 bits per heavy atom. The number of fused-ring (bicyclic) bond motifs is 2. The molecule has 4 rings (SSSR count). The van der Waals surface area contributed by atoms with Crippen LogP contribution < -0.4 is 0 Å². The summed E-state index contributed by atoms with van der Waals surface area (Å²) in [6.45, 7) is 3.38. The number of carbonyl (C=O) groups is 1. The van der Waals surface area contributed by atoms with Gasteiger partial charge in [0.2, 0.25) is 5.91 Å². The minimum absolute atomic E-state index is 0.136. The molecule has 3 aromatic rings. The number of thioether (sulfide) groups is 1. The third-order valence-electron chi connectivity index (χ3n) is 4.34. The Labute approximate surface area is 144 Å². The first-order chi connectivity index (χ1) is 11.7. The number of nitrogens with zero attached hydrogens (tertiary/aromatic N) is 2. The lowest BCUT2D eigenvalue weighted by molar-refractivity contribution is -0.131. The van der Waals surface area contributed by atoms with Gasteiger partial charge in [-0.05, 0) is 36.6 Å². The number of rotatable bonds is 3. The standard InChI is InChI=1S/C19H18N2O2S/c1-13(24-19-20-16-8-4-5-9-17(16)23-19)18(22)21-11-10-14-6-2-3-7-15(14)12-21/h2-9,13H,10-12H2,1H3/t13-/m0/s1. The third-order valence-corrected chi connectivity index (χ3v) is 5.27. The van der Waals surface area contributed by atoms with Gasteiger partial charge in [0.15, 0.2) is 5.58 Å². The highest BCUT2D eigenvalue weighted by Crippen LogP contribution is 2.28. The van der Waals surface area contributed by atoms with Crippen molar-refractivity contribution in [3.63, 3.8) is 0 Å². The Balaban J connectivity index is 1.46. The van der Waals surface area contributed by atoms with E-state index in [4.69, 9.17) is 4.42 Å². The van der Waals surface area contributed by atoms with Gasteiger partial charge in [0, 0.05) is 13.1 Å². The van der Waals surface area contributed by atoms with Crippen molar-refractivity contribution in [3.05, 3.63) is 59.7 Å². The topological polar surface area (TPSA) is 46.3 Å². The number of hydrogen-bond donors (Lipinski definition) is 0. The van der Waals surface area contributed by atoms with Crippen LogP contribution in [-0.4, -0.2) is 27.6 Å². The smallest absolute Gasteiger partial charge is 0.257 e. The van der Waals surface area contributed by atoms with Gasteiger partial charge in [0.1, 0.15) is 5.52 Å². The Hall–Kier alpha value is -2.27. The summed E-state index contributed by atoms with van der Waals surface area (Å²) >= 11 is 1.38. The lowest BCUT2D eigenvalue weighted by Gasteiger charge is -2.30. The zero-order valence-corrected chi connectivity index (χ0v) is 14.3. The molecular formula is C19H18N2O2S. The third kappa shape index (κ3) is 2.91. The number of benzene rings is 2. The zero-order valence-electron chi connectivity index (χ0n) is 13.4. The largest absolute Gasteiger partial charge is 0.431 e. The molecule has 0 unspecified atom stereocenters. The fraction of sp³-hybridized carbons (Fsp3) is 0.263. The molecule has 122 valence electrons. The fourth-order valence-corrected chi connectivity index (χ4v) is 3.89. The molecular weight excluding hydrogens is 320 g/mol. The summed E-state index contributed by atoms with van der Waals surface area (Å²) in [6, 6.07) is 16.0. The fourth-order valence-electron chi connectivity index (χ4n) is 3.04. The van der Waals surface area contributed by atoms with Crippen LogP contribution in [0.3, 0.4) is 0 Å². The molecule has 0 bridgehead atoms. The maximum Gasteiger partial charge on any atom is 0.257 e. The van der Waals surface area contributed by atoms with E-state index in [1.165, 1.54) is 22.9 Å². The monoisotopic (exact) mass is 338 g/mol. The van der Waals surface area contributed by atoms with Crippen LogP contribution in [0.25, 0.3) is 11.1 Å². The van der Waals surface area contributed by atoms with Crippen LogP contribution in [0.4, 0.5) is 0 Å². The molecule has 2 aromatic carbocycles. The highest BCUT2D eigenvalue weighted by molar-refractivity contribution is 8.00. The van der Waals surface area contributed by atoms with E-state index in [9.17, 15) is 4.79 Å². The summed E-state index contributed by atoms with van der Waals surface area (Å²) in [5.41, 5.74) is 4.18. The molecule has 0 N–H and O–H groups in total. The molecule has 0 spiro atoms. The van der Waals surface area contributed by atoms with E-state index < -0.39 is 0 Å². The zero-order chi connectivity index (χ0) is 16.5. The van der Waals surface area contributed by atoms with Crippen molar-refractivity contribution in [2.75, 3.05) is 6.54 Å². The van der Waals surface area contributed by atoms with Crippen LogP contribution in [-0.2, 0) is 17.8 Å². The summed E-state index contributed by atoms with van der Waals surface area (Å²) in [5.74, 6) is 0.136. The van der Waals surface area contributed by atoms with Crippen LogP contribution >= 0.6 is 11.8 Å². The van der Waals surface area contributed by atoms with Crippen LogP contribution in [0.15, 0.2) is 58.2 Å². The minimum Gasteiger partial charge on any atom is -0.431 e. The van der Waals surface area contributed by atoms with E-state index in [1.54, 1.807) is 0 Å². The predicted molar refractivity (Wildman–Crippen MR) is 94.9 cm³/mol. The molecule has 1 amide bonds. The normalized spacial score (nSPS) is 15.3. The van der Waals surface area contributed by atoms with Gasteiger partial charge in [-0.25, -0.2) is 4.98 Å². The minimum atomic E-state index is -0.219. The number of aromatic nitrogens is 1. The van der Waals surface area contributed by atoms with Gasteiger partial charge in [-0.1, -0.05) is 48.2 Å². The average Bonchev–Trinajstić information content (AvgIpc) is 3.02. The van der Waals surface area contributed by atoms with Crippen LogP contribution in [0, 0.1) is 0 Å². The molecule has 0 aliphatic carbocycles. The quantitative estimate of drug-likeness (QED) is 0.680. The summed E-state index contributed by atoms with van der Waals surface area (Å²) < 4.78 is 5.71. The Kier molecular flexibility index (Phi) is 4.02. The van der Waals surface area contributed by atoms with Crippen molar-refractivity contribution in [2.24, 2.45) is 0 Å². The molecule has 24 heavy (non-hydrogen) atoms. The van der Waals surface area contributed by atoms with Gasteiger partial charge in [-0.2, -0.15) is 0 Å². The number of oxazole rings is 1. The molecule has 0 saturated heterocycles. The SMILES string of the molecule is C[C@H](Sc1nc2ccccc2o1)C(=O)N1CCc2ccccc2C1. The van der Waals surface area contributed by atoms with E-state index in [1.807, 2.05) is 42.2 Å². The first kappa shape index (κ1) is 15.3. The molecule has 0 saturated carbocycles. The van der Waals surface area contributed by atoms with Crippen LogP contribution in [0.1, 0.15) is 18.1 Å². The highest BCUT2D eigenvalue weighted by Gasteiger charge is 2.26. The van der Waals surface area contributed by atoms with Crippen molar-refractivity contribution in [3.8, 4) is 0 Å². The first-order valence-electron chi connectivity index (χ1n) is 8.08. The van der Waals surface area contributed by atoms with Gasteiger partial charge in [-0.3, -0.25) is 4.79 Å². The van der Waals surface area contributed by atoms with E-state index in [-0.39, 0.29) is 11.2 Å². The van der Waals surface area contributed by atoms with Crippen molar-refractivity contribution in [1.29, 1.82) is 0 Å². The maximum atomic E-state index is 12.8. The summed E-state index contributed by atoms with van der Waals surface area (Å²) in [6.07, 6.45) is 0.919. The maximum absolute atomic E-state index is 12.8. The molecule has 1 aliphatic heterocycles. The van der Waals surface area contributed by atoms with E-state index in [0.29, 0.717) is 11.8 Å². The van der Waals surface area contributed by atoms with Crippen LogP contribution in [0.2, 0.25) is 0 Å². The second kappa shape index (κ2) is 6.32. The molecule has 0 radical (unpaired) electrons. The Bertz CT molecular complexity index is 857. The average molecular weight is 338 g/mol. The molecule has 5 heteroatoms. The van der Waals surface area contributed by atoms with Gasteiger partial charge in [0.25, 0.3) is 5.22 Å². The summed E-state index contributed by atoms with van der Waals surface area (Å²) in [4.78, 5) is 19.1. The van der Waals surface area contributed by atoms with E-state index in [0.717, 1.165) is 24.1 Å². The number of carbonyl (C=O) groups excluding carboxylic acids is 1. The van der Waals surface area contributed by atoms with Crippen molar-refractivity contribution >= 4 is 28.8 Å². The van der Waals surface area contributed by atoms with Gasteiger partial charge in [0.05, 0.1) is 5.25 Å². The summed E-state index contributed by atoms with van der Waals surface area (Å²) in [5, 5.41) is 0.331. The van der Waals surface area contributed by atoms with Gasteiger partial charge in [-0.15, -0.1) is 0 Å². The molecule has 1 atom stereocenters. The molecule has 1 aromatic heterocycles. The second-order valence-electron chi connectivity index (χ2n) is 5.99. The lowest BCUT2D eigenvalue weighted by Crippen LogP contribution is -2.40. The first-order valence-corrected chi connectivity index (χ1v) is 8.96. The Morgan fingerprint density at radius 3 is 2.75 bits per heavy atom. The van der Waals surface area contributed by atoms with Crippen LogP contribution in [0.5, 0.6) is 0 Å². The van der Waals surface area contributed by atoms with Crippen molar-refractivity contribution in [2.45, 2.75) is 30.4 Å². The highest BCUT2D eigenvalue weighted by atomic mass is 32.2. The summed E-state index contributed by atoms with van der Waals surface area (Å²) in [7, 11) is 0. The number of para-hydroxylation sites is 2. The molecule has 2 heterocycles. The van der Waals surface area contributed by atoms with Crippen molar-refractivity contribution in [1.82, 2.24) is 9.88 Å². The lowest BCUT2D eigenvalue weighted by atomic mass is 10.00. The van der Waals surface area contributed by atoms with Crippen molar-refractivity contribution < 1.29 is 9.21 Å².